The molecule has 44 heavy (non-hydrogen) atoms. The van der Waals surface area contributed by atoms with Crippen LogP contribution in [0.5, 0.6) is 11.5 Å². The molecule has 4 N–H and O–H groups in total. The summed E-state index contributed by atoms with van der Waals surface area (Å²) in [6.45, 7) is -0.240. The van der Waals surface area contributed by atoms with Gasteiger partial charge in [-0.2, -0.15) is 14.9 Å². The van der Waals surface area contributed by atoms with Crippen molar-refractivity contribution < 1.29 is 23.4 Å². The number of rotatable bonds is 9. The average Bonchev–Trinajstić information content (AvgIpc) is 3.46. The van der Waals surface area contributed by atoms with Crippen molar-refractivity contribution in [3.8, 4) is 17.2 Å². The maximum absolute atomic E-state index is 15.2. The minimum Gasteiger partial charge on any atom is -0.453 e. The highest BCUT2D eigenvalue weighted by Gasteiger charge is 2.20. The number of pyridine rings is 2. The Bertz CT molecular complexity index is 2020. The molecule has 12 nitrogen and oxygen atoms in total. The number of fused-ring (bicyclic) bond motifs is 1. The number of aliphatic hydroxyl groups is 1. The molecule has 220 valence electrons. The van der Waals surface area contributed by atoms with E-state index in [-0.39, 0.29) is 35.0 Å². The molecule has 4 heterocycles. The third-order valence-electron chi connectivity index (χ3n) is 6.60. The summed E-state index contributed by atoms with van der Waals surface area (Å²) in [6, 6.07) is 14.6. The summed E-state index contributed by atoms with van der Waals surface area (Å²) < 4.78 is 35.4. The van der Waals surface area contributed by atoms with Crippen LogP contribution in [0, 0.1) is 11.6 Å². The van der Waals surface area contributed by atoms with Gasteiger partial charge in [0.15, 0.2) is 23.0 Å². The lowest BCUT2D eigenvalue weighted by Crippen LogP contribution is -2.29. The van der Waals surface area contributed by atoms with Gasteiger partial charge in [-0.25, -0.2) is 13.8 Å². The SMILES string of the molecule is O=C(Nc1ccc(Oc2ccnc3[nH]nc(NC(CO)c4ccncc4)c23)c(F)c1)c1ccnn(-c2ccc(F)cc2)c1=O. The molecule has 1 atom stereocenters. The summed E-state index contributed by atoms with van der Waals surface area (Å²) in [5.74, 6) is -1.68. The number of aromatic nitrogens is 6. The average molecular weight is 597 g/mol. The lowest BCUT2D eigenvalue weighted by molar-refractivity contribution is 0.102. The van der Waals surface area contributed by atoms with Gasteiger partial charge in [-0.1, -0.05) is 0 Å². The van der Waals surface area contributed by atoms with Gasteiger partial charge in [-0.15, -0.1) is 0 Å². The van der Waals surface area contributed by atoms with E-state index in [0.717, 1.165) is 28.4 Å². The van der Waals surface area contributed by atoms with Gasteiger partial charge >= 0.3 is 0 Å². The Labute approximate surface area is 247 Å². The predicted molar refractivity (Wildman–Crippen MR) is 156 cm³/mol. The summed E-state index contributed by atoms with van der Waals surface area (Å²) in [7, 11) is 0. The van der Waals surface area contributed by atoms with E-state index in [0.29, 0.717) is 16.9 Å². The second-order valence-electron chi connectivity index (χ2n) is 9.40. The van der Waals surface area contributed by atoms with Crippen molar-refractivity contribution in [1.82, 2.24) is 29.9 Å². The first-order valence-electron chi connectivity index (χ1n) is 13.1. The van der Waals surface area contributed by atoms with Crippen LogP contribution in [0.4, 0.5) is 20.3 Å². The monoisotopic (exact) mass is 596 g/mol. The standard InChI is InChI=1S/C30H22F2N8O4/c31-18-1-4-20(5-2-18)40-30(43)21(9-14-35-40)29(42)36-19-3-6-24(22(32)15-19)44-25-10-13-34-27-26(25)28(39-38-27)37-23(16-41)17-7-11-33-12-8-17/h1-15,23,41H,16H2,(H,36,42)(H2,34,37,38,39). The van der Waals surface area contributed by atoms with E-state index in [9.17, 15) is 19.1 Å². The van der Waals surface area contributed by atoms with Crippen LogP contribution in [0.25, 0.3) is 16.7 Å². The summed E-state index contributed by atoms with van der Waals surface area (Å²) >= 11 is 0. The van der Waals surface area contributed by atoms with Gasteiger partial charge in [-0.05, 0) is 60.2 Å². The van der Waals surface area contributed by atoms with Gasteiger partial charge in [0.05, 0.1) is 18.3 Å². The van der Waals surface area contributed by atoms with Crippen LogP contribution < -0.4 is 20.9 Å². The quantitative estimate of drug-likeness (QED) is 0.190. The molecule has 0 bridgehead atoms. The first-order valence-corrected chi connectivity index (χ1v) is 13.1. The molecule has 6 rings (SSSR count). The number of aliphatic hydroxyl groups excluding tert-OH is 1. The number of carbonyl (C=O) groups excluding carboxylic acids is 1. The van der Waals surface area contributed by atoms with Gasteiger partial charge in [-0.3, -0.25) is 19.7 Å². The molecular formula is C30H22F2N8O4. The lowest BCUT2D eigenvalue weighted by atomic mass is 10.1. The number of hydrogen-bond donors (Lipinski definition) is 4. The highest BCUT2D eigenvalue weighted by molar-refractivity contribution is 6.04. The minimum atomic E-state index is -0.797. The Balaban J connectivity index is 1.22. The van der Waals surface area contributed by atoms with Crippen molar-refractivity contribution in [3.63, 3.8) is 0 Å². The first-order chi connectivity index (χ1) is 21.4. The maximum Gasteiger partial charge on any atom is 0.284 e. The highest BCUT2D eigenvalue weighted by Crippen LogP contribution is 2.35. The molecule has 1 amide bonds. The van der Waals surface area contributed by atoms with E-state index >= 15 is 4.39 Å². The fraction of sp³-hybridized carbons (Fsp3) is 0.0667. The third-order valence-corrected chi connectivity index (χ3v) is 6.60. The van der Waals surface area contributed by atoms with Gasteiger partial charge in [0, 0.05) is 42.6 Å². The minimum absolute atomic E-state index is 0.0677. The Morgan fingerprint density at radius 2 is 1.77 bits per heavy atom. The molecular weight excluding hydrogens is 574 g/mol. The number of anilines is 2. The van der Waals surface area contributed by atoms with Gasteiger partial charge in [0.2, 0.25) is 0 Å². The van der Waals surface area contributed by atoms with Crippen molar-refractivity contribution in [2.45, 2.75) is 6.04 Å². The summed E-state index contributed by atoms with van der Waals surface area (Å²) in [5, 5.41) is 27.0. The second-order valence-corrected chi connectivity index (χ2v) is 9.40. The van der Waals surface area contributed by atoms with Crippen LogP contribution in [-0.2, 0) is 0 Å². The predicted octanol–water partition coefficient (Wildman–Crippen LogP) is 4.37. The molecule has 6 aromatic rings. The van der Waals surface area contributed by atoms with E-state index < -0.39 is 29.1 Å². The van der Waals surface area contributed by atoms with Crippen LogP contribution in [0.2, 0.25) is 0 Å². The van der Waals surface area contributed by atoms with E-state index in [4.69, 9.17) is 4.74 Å². The number of benzene rings is 2. The van der Waals surface area contributed by atoms with Crippen molar-refractivity contribution in [2.24, 2.45) is 0 Å². The fourth-order valence-electron chi connectivity index (χ4n) is 4.44. The molecule has 0 saturated carbocycles. The maximum atomic E-state index is 15.2. The number of nitrogens with zero attached hydrogens (tertiary/aromatic N) is 5. The van der Waals surface area contributed by atoms with Crippen molar-refractivity contribution in [3.05, 3.63) is 125 Å². The lowest BCUT2D eigenvalue weighted by Gasteiger charge is -2.17. The third kappa shape index (κ3) is 5.69. The second kappa shape index (κ2) is 12.1. The number of carbonyl (C=O) groups is 1. The van der Waals surface area contributed by atoms with Crippen molar-refractivity contribution in [2.75, 3.05) is 17.2 Å². The van der Waals surface area contributed by atoms with Crippen molar-refractivity contribution >= 4 is 28.4 Å². The normalized spacial score (nSPS) is 11.7. The van der Waals surface area contributed by atoms with Crippen molar-refractivity contribution in [1.29, 1.82) is 0 Å². The van der Waals surface area contributed by atoms with E-state index in [1.807, 2.05) is 0 Å². The first kappa shape index (κ1) is 28.1. The summed E-state index contributed by atoms with van der Waals surface area (Å²) in [6.07, 6.45) is 5.93. The molecule has 0 saturated heterocycles. The summed E-state index contributed by atoms with van der Waals surface area (Å²) in [5.41, 5.74) is 0.481. The van der Waals surface area contributed by atoms with E-state index in [2.05, 4.69) is 35.9 Å². The molecule has 2 aromatic carbocycles. The molecule has 4 aromatic heterocycles. The molecule has 0 aliphatic carbocycles. The Hall–Kier alpha value is -6.02. The number of halogens is 2. The number of amides is 1. The zero-order valence-corrected chi connectivity index (χ0v) is 22.6. The van der Waals surface area contributed by atoms with Gasteiger partial charge in [0.1, 0.15) is 22.5 Å². The Morgan fingerprint density at radius 1 is 0.977 bits per heavy atom. The molecule has 14 heteroatoms. The number of hydrogen-bond acceptors (Lipinski definition) is 9. The molecule has 0 aliphatic heterocycles. The van der Waals surface area contributed by atoms with Crippen LogP contribution in [-0.4, -0.2) is 47.6 Å². The Morgan fingerprint density at radius 3 is 2.52 bits per heavy atom. The largest absolute Gasteiger partial charge is 0.453 e. The smallest absolute Gasteiger partial charge is 0.284 e. The highest BCUT2D eigenvalue weighted by atomic mass is 19.1. The molecule has 0 aliphatic rings. The number of ether oxygens (including phenoxy) is 1. The van der Waals surface area contributed by atoms with Gasteiger partial charge in [0.25, 0.3) is 11.5 Å². The Kier molecular flexibility index (Phi) is 7.71. The molecule has 0 fully saturated rings. The summed E-state index contributed by atoms with van der Waals surface area (Å²) in [4.78, 5) is 34.1. The topological polar surface area (TPSA) is 160 Å². The van der Waals surface area contributed by atoms with Crippen LogP contribution in [0.15, 0.2) is 96.3 Å². The number of aromatic amines is 1. The van der Waals surface area contributed by atoms with Crippen LogP contribution in [0.3, 0.4) is 0 Å². The van der Waals surface area contributed by atoms with Crippen LogP contribution >= 0.6 is 0 Å². The molecule has 0 spiro atoms. The fourth-order valence-corrected chi connectivity index (χ4v) is 4.44. The van der Waals surface area contributed by atoms with E-state index in [1.165, 1.54) is 48.8 Å². The number of nitrogens with one attached hydrogen (secondary N) is 3. The van der Waals surface area contributed by atoms with Gasteiger partial charge < -0.3 is 20.5 Å². The molecule has 1 unspecified atom stereocenters. The zero-order valence-electron chi connectivity index (χ0n) is 22.6. The zero-order chi connectivity index (χ0) is 30.6. The molecule has 0 radical (unpaired) electrons. The van der Waals surface area contributed by atoms with E-state index in [1.54, 1.807) is 24.5 Å². The number of H-pyrrole nitrogens is 1. The van der Waals surface area contributed by atoms with Crippen LogP contribution in [0.1, 0.15) is 22.0 Å².